The summed E-state index contributed by atoms with van der Waals surface area (Å²) >= 11 is 7.00. The number of rotatable bonds is 24. The van der Waals surface area contributed by atoms with E-state index in [0.29, 0.717) is 135 Å². The second kappa shape index (κ2) is 56.2. The van der Waals surface area contributed by atoms with Crippen molar-refractivity contribution in [3.05, 3.63) is 358 Å². The number of hydrazone groups is 3. The predicted octanol–water partition coefficient (Wildman–Crippen LogP) is 15.9. The van der Waals surface area contributed by atoms with Crippen LogP contribution in [-0.2, 0) is 47.7 Å². The first-order valence-electron chi connectivity index (χ1n) is 46.7. The number of ether oxygens (including phenoxy) is 5. The minimum atomic E-state index is -0.460. The normalized spacial score (nSPS) is 13.7. The highest BCUT2D eigenvalue weighted by atomic mass is 35.5. The maximum Gasteiger partial charge on any atom is 0.342 e. The molecule has 0 unspecified atom stereocenters. The number of benzene rings is 11. The van der Waals surface area contributed by atoms with Gasteiger partial charge in [-0.25, -0.2) is 40.5 Å². The number of thiophene rings is 1. The van der Waals surface area contributed by atoms with Crippen molar-refractivity contribution >= 4 is 157 Å². The Morgan fingerprint density at radius 3 is 0.965 bits per heavy atom. The second-order valence-electron chi connectivity index (χ2n) is 32.2. The Bertz CT molecular complexity index is 6150. The van der Waals surface area contributed by atoms with Crippen molar-refractivity contribution < 1.29 is 71.6 Å². The molecule has 0 radical (unpaired) electrons. The van der Waals surface area contributed by atoms with E-state index in [1.165, 1.54) is 10.0 Å². The topological polar surface area (TPSA) is 430 Å². The van der Waals surface area contributed by atoms with E-state index in [1.807, 2.05) is 227 Å². The SMILES string of the molecule is CCCN(N)C(=O)Nc1ccc(N2CCOCC2=O)cc1.CCCN(N=C(c1ccccc1)c1ccccc1)C(=O)Nc1ccc(N2CCOCC2=O)cc1.CCCN(NC(=O)c1ccc(Cl)s1)C(=O)Nc1ccc(N2CCOCC2=O)cc1.NN=C(c1ccccc1)c1ccccc1.Nc1ccc(N2CCOCC2=O)cc1.O=C(NN=C(c1ccccc1)c1ccccc1)Nc1ccc(N2CCOCC2=O)cc1. The Kier molecular flexibility index (Phi) is 41.6. The van der Waals surface area contributed by atoms with E-state index in [4.69, 9.17) is 57.8 Å². The van der Waals surface area contributed by atoms with E-state index in [-0.39, 0.29) is 74.6 Å². The molecular weight excluding hydrogens is 1870 g/mol. The van der Waals surface area contributed by atoms with Crippen LogP contribution in [0.5, 0.6) is 0 Å². The van der Waals surface area contributed by atoms with E-state index >= 15 is 0 Å². The second-order valence-corrected chi connectivity index (χ2v) is 33.9. The van der Waals surface area contributed by atoms with Crippen molar-refractivity contribution in [1.29, 1.82) is 0 Å². The minimum absolute atomic E-state index is 0.000946. The Labute approximate surface area is 844 Å². The summed E-state index contributed by atoms with van der Waals surface area (Å²) in [6.45, 7) is 13.0. The molecule has 0 aliphatic carbocycles. The lowest BCUT2D eigenvalue weighted by molar-refractivity contribution is -0.126. The molecule has 11 aromatic carbocycles. The monoisotopic (exact) mass is 1990 g/mol. The van der Waals surface area contributed by atoms with Crippen molar-refractivity contribution in [2.75, 3.05) is 170 Å². The molecule has 12 N–H and O–H groups in total. The Hall–Kier alpha value is -16.3. The molecule has 14 amide bonds. The number of nitrogens with two attached hydrogens (primary N) is 3. The molecule has 5 aliphatic rings. The van der Waals surface area contributed by atoms with E-state index in [1.54, 1.807) is 134 Å². The lowest BCUT2D eigenvalue weighted by atomic mass is 10.0. The number of carbonyl (C=O) groups is 10. The minimum Gasteiger partial charge on any atom is -0.399 e. The van der Waals surface area contributed by atoms with Crippen LogP contribution in [0.1, 0.15) is 83.1 Å². The van der Waals surface area contributed by atoms with Gasteiger partial charge in [0.15, 0.2) is 0 Å². The van der Waals surface area contributed by atoms with Gasteiger partial charge < -0.3 is 81.0 Å². The van der Waals surface area contributed by atoms with Gasteiger partial charge in [-0.3, -0.25) is 39.2 Å². The summed E-state index contributed by atoms with van der Waals surface area (Å²) in [7, 11) is 0. The molecule has 144 heavy (non-hydrogen) atoms. The molecule has 35 nitrogen and oxygen atoms in total. The molecule has 5 saturated heterocycles. The van der Waals surface area contributed by atoms with Crippen LogP contribution in [0.25, 0.3) is 0 Å². The fourth-order valence-corrected chi connectivity index (χ4v) is 15.7. The molecule has 1 aromatic heterocycles. The van der Waals surface area contributed by atoms with Crippen molar-refractivity contribution in [3.63, 3.8) is 0 Å². The maximum absolute atomic E-state index is 13.2. The van der Waals surface area contributed by atoms with Crippen LogP contribution in [-0.4, -0.2) is 210 Å². The number of hydrogen-bond donors (Lipinski definition) is 9. The van der Waals surface area contributed by atoms with Crippen molar-refractivity contribution in [1.82, 2.24) is 25.9 Å². The predicted molar refractivity (Wildman–Crippen MR) is 563 cm³/mol. The smallest absolute Gasteiger partial charge is 0.342 e. The molecule has 5 aliphatic heterocycles. The fraction of sp³-hybridized carbons (Fsp3) is 0.224. The lowest BCUT2D eigenvalue weighted by Gasteiger charge is -2.27. The van der Waals surface area contributed by atoms with Gasteiger partial charge in [-0.1, -0.05) is 214 Å². The highest BCUT2D eigenvalue weighted by Crippen LogP contribution is 2.28. The summed E-state index contributed by atoms with van der Waals surface area (Å²) in [5, 5.41) is 27.9. The summed E-state index contributed by atoms with van der Waals surface area (Å²) in [5.74, 6) is 10.3. The zero-order valence-electron chi connectivity index (χ0n) is 79.9. The van der Waals surface area contributed by atoms with Crippen molar-refractivity contribution in [2.45, 2.75) is 40.0 Å². The van der Waals surface area contributed by atoms with Crippen LogP contribution < -0.4 is 74.0 Å². The van der Waals surface area contributed by atoms with E-state index in [9.17, 15) is 47.9 Å². The number of halogens is 1. The van der Waals surface area contributed by atoms with Crippen LogP contribution in [0.2, 0.25) is 4.34 Å². The van der Waals surface area contributed by atoms with E-state index < -0.39 is 18.0 Å². The van der Waals surface area contributed by atoms with Gasteiger partial charge in [0.05, 0.1) is 59.4 Å². The molecule has 0 atom stereocenters. The Morgan fingerprint density at radius 2 is 0.660 bits per heavy atom. The zero-order chi connectivity index (χ0) is 102. The summed E-state index contributed by atoms with van der Waals surface area (Å²) < 4.78 is 26.1. The van der Waals surface area contributed by atoms with Gasteiger partial charge in [-0.15, -0.1) is 11.3 Å². The first-order chi connectivity index (χ1) is 70.1. The Balaban J connectivity index is 0.000000158. The van der Waals surface area contributed by atoms with Gasteiger partial charge in [0.25, 0.3) is 35.4 Å². The third kappa shape index (κ3) is 32.4. The highest BCUT2D eigenvalue weighted by Gasteiger charge is 2.28. The molecule has 17 rings (SSSR count). The third-order valence-corrected chi connectivity index (χ3v) is 23.1. The number of hydrazine groups is 2. The van der Waals surface area contributed by atoms with Gasteiger partial charge in [0, 0.05) is 143 Å². The fourth-order valence-electron chi connectivity index (χ4n) is 14.7. The zero-order valence-corrected chi connectivity index (χ0v) is 81.5. The van der Waals surface area contributed by atoms with Gasteiger partial charge in [0.1, 0.15) is 33.0 Å². The molecule has 5 fully saturated rings. The third-order valence-electron chi connectivity index (χ3n) is 21.9. The number of carbonyl (C=O) groups excluding carboxylic acids is 10. The molecule has 0 saturated carbocycles. The molecule has 0 spiro atoms. The molecule has 746 valence electrons. The summed E-state index contributed by atoms with van der Waals surface area (Å²) in [6.07, 6.45) is 2.21. The number of amides is 14. The number of anilines is 10. The quantitative estimate of drug-likeness (QED) is 0.00892. The molecular formula is C107H115ClN20O15S. The molecule has 37 heteroatoms. The largest absolute Gasteiger partial charge is 0.399 e. The average Bonchev–Trinajstić information content (AvgIpc) is 0.894. The summed E-state index contributed by atoms with van der Waals surface area (Å²) in [6, 6.07) is 96.1. The first-order valence-corrected chi connectivity index (χ1v) is 47.9. The van der Waals surface area contributed by atoms with Crippen LogP contribution in [0.4, 0.5) is 76.1 Å². The van der Waals surface area contributed by atoms with Gasteiger partial charge >= 0.3 is 24.1 Å². The number of hydrogen-bond acceptors (Lipinski definition) is 22. The first kappa shape index (κ1) is 107. The highest BCUT2D eigenvalue weighted by molar-refractivity contribution is 7.18. The number of nitrogen functional groups attached to an aromatic ring is 1. The lowest BCUT2D eigenvalue weighted by Crippen LogP contribution is -2.48. The van der Waals surface area contributed by atoms with Gasteiger partial charge in [-0.05, 0) is 153 Å². The number of nitrogens with one attached hydrogen (secondary N) is 6. The summed E-state index contributed by atoms with van der Waals surface area (Å²) in [5.41, 5.74) is 25.8. The number of urea groups is 4. The average molecular weight is 1990 g/mol. The van der Waals surface area contributed by atoms with E-state index in [2.05, 4.69) is 42.3 Å². The number of nitrogens with zero attached hydrogens (tertiary/aromatic N) is 11. The van der Waals surface area contributed by atoms with Crippen molar-refractivity contribution in [2.24, 2.45) is 27.0 Å². The van der Waals surface area contributed by atoms with Crippen LogP contribution in [0, 0.1) is 0 Å². The van der Waals surface area contributed by atoms with Crippen LogP contribution in [0.3, 0.4) is 0 Å². The standard InChI is InChI=1S/C27H28N4O3.C24H22N4O3.C19H21ClN4O4S.C14H20N4O3.C13H12N2.C10H12N2O2/c1-2-17-31(29-26(21-9-5-3-6-10-21)22-11-7-4-8-12-22)27(33)28-23-13-15-24(16-14-23)30-18-19-34-20-25(30)32;29-22-17-31-16-15-28(22)21-13-11-20(12-14-21)25-24(30)27-26-23(18-7-3-1-4-8-18)19-9-5-2-6-10-19;1-2-9-24(22-18(26)15-7-8-16(20)29-15)19(27)21-13-3-5-14(6-4-13)23-10-11-28-12-17(23)25;1-2-7-18(15)14(20)16-11-3-5-12(6-4-11)17-8-9-21-10-13(17)19;14-15-13(11-7-3-1-4-8-11)12-9-5-2-6-10-12;11-8-1-3-9(4-2-8)12-5-6-14-7-10(12)13/h3-16H,2,17-20H2,1H3,(H,28,33);1-14H,15-17H2,(H2,25,27,30);3-8H,2,9-12H2,1H3,(H,21,27)(H,22,26);3-6H,2,7-10,15H2,1H3,(H,16,20);1-10H,14H2;1-4H,5-7,11H2. The Morgan fingerprint density at radius 1 is 0.361 bits per heavy atom. The van der Waals surface area contributed by atoms with Crippen molar-refractivity contribution in [3.8, 4) is 0 Å². The molecule has 12 aromatic rings. The molecule has 6 heterocycles. The maximum atomic E-state index is 13.2. The van der Waals surface area contributed by atoms with Gasteiger partial charge in [-0.2, -0.15) is 15.3 Å². The van der Waals surface area contributed by atoms with Gasteiger partial charge in [0.2, 0.25) is 0 Å². The van der Waals surface area contributed by atoms with E-state index in [0.717, 1.165) is 102 Å². The van der Waals surface area contributed by atoms with Crippen LogP contribution >= 0.6 is 22.9 Å². The number of morpholine rings is 5. The summed E-state index contributed by atoms with van der Waals surface area (Å²) in [4.78, 5) is 130. The molecule has 0 bridgehead atoms. The van der Waals surface area contributed by atoms with Crippen LogP contribution in [0.15, 0.2) is 331 Å².